The highest BCUT2D eigenvalue weighted by molar-refractivity contribution is 6.04. The average molecular weight is 369 g/mol. The summed E-state index contributed by atoms with van der Waals surface area (Å²) in [5.74, 6) is -0.0306. The highest BCUT2D eigenvalue weighted by Gasteiger charge is 2.29. The molecule has 0 spiro atoms. The zero-order valence-corrected chi connectivity index (χ0v) is 15.9. The second-order valence-electron chi connectivity index (χ2n) is 6.76. The van der Waals surface area contributed by atoms with Gasteiger partial charge in [0.05, 0.1) is 17.6 Å². The number of H-pyrrole nitrogens is 1. The van der Waals surface area contributed by atoms with Crippen LogP contribution >= 0.6 is 0 Å². The Balaban J connectivity index is 1.71. The molecule has 0 unspecified atom stereocenters. The van der Waals surface area contributed by atoms with Gasteiger partial charge >= 0.3 is 6.03 Å². The van der Waals surface area contributed by atoms with Gasteiger partial charge in [0.15, 0.2) is 0 Å². The van der Waals surface area contributed by atoms with E-state index in [1.54, 1.807) is 18.3 Å². The van der Waals surface area contributed by atoms with Gasteiger partial charge in [-0.1, -0.05) is 18.2 Å². The molecule has 0 saturated carbocycles. The van der Waals surface area contributed by atoms with E-state index in [-0.39, 0.29) is 17.9 Å². The first-order chi connectivity index (χ1) is 13.1. The number of hydrogen-bond acceptors (Lipinski definition) is 3. The number of aromatic amines is 1. The molecule has 2 heterocycles. The van der Waals surface area contributed by atoms with Crippen LogP contribution in [0.25, 0.3) is 0 Å². The number of carbonyl (C=O) groups excluding carboxylic acids is 2. The third-order valence-corrected chi connectivity index (χ3v) is 5.09. The predicted octanol–water partition coefficient (Wildman–Crippen LogP) is 3.30. The topological polar surface area (TPSA) is 81.3 Å². The number of piperidine rings is 1. The minimum absolute atomic E-state index is 0.0825. The van der Waals surface area contributed by atoms with Gasteiger partial charge in [-0.05, 0) is 38.8 Å². The summed E-state index contributed by atoms with van der Waals surface area (Å²) >= 11 is 0. The van der Waals surface area contributed by atoms with Crippen molar-refractivity contribution >= 4 is 17.6 Å². The molecule has 2 aromatic rings. The maximum atomic E-state index is 12.7. The van der Waals surface area contributed by atoms with E-state index in [0.717, 1.165) is 25.1 Å². The number of urea groups is 1. The summed E-state index contributed by atoms with van der Waals surface area (Å²) in [6.45, 7) is 6.80. The van der Waals surface area contributed by atoms with Crippen LogP contribution in [0.4, 0.5) is 10.5 Å². The predicted molar refractivity (Wildman–Crippen MR) is 105 cm³/mol. The van der Waals surface area contributed by atoms with Gasteiger partial charge in [-0.25, -0.2) is 4.79 Å². The van der Waals surface area contributed by atoms with Crippen LogP contribution in [-0.2, 0) is 0 Å². The summed E-state index contributed by atoms with van der Waals surface area (Å²) < 4.78 is 0. The van der Waals surface area contributed by atoms with Crippen molar-refractivity contribution in [3.63, 3.8) is 0 Å². The summed E-state index contributed by atoms with van der Waals surface area (Å²) in [5.41, 5.74) is 2.17. The first kappa shape index (κ1) is 18.9. The molecule has 3 amide bonds. The summed E-state index contributed by atoms with van der Waals surface area (Å²) in [7, 11) is 0. The standard InChI is InChI=1S/C20H27N5O2/c1-3-24(4-2)20(27)25-12-8-11-16(14-25)18-17(13-21-23-18)22-19(26)15-9-6-5-7-10-15/h5-7,9-10,13,16H,3-4,8,11-12,14H2,1-2H3,(H,21,23)(H,22,26)/t16-/m0/s1. The number of anilines is 1. The van der Waals surface area contributed by atoms with Crippen molar-refractivity contribution in [3.05, 3.63) is 47.8 Å². The highest BCUT2D eigenvalue weighted by Crippen LogP contribution is 2.31. The molecule has 0 radical (unpaired) electrons. The second-order valence-corrected chi connectivity index (χ2v) is 6.76. The van der Waals surface area contributed by atoms with Crippen molar-refractivity contribution in [2.45, 2.75) is 32.6 Å². The first-order valence-electron chi connectivity index (χ1n) is 9.57. The van der Waals surface area contributed by atoms with Crippen molar-refractivity contribution in [1.29, 1.82) is 0 Å². The molecule has 1 saturated heterocycles. The van der Waals surface area contributed by atoms with Crippen LogP contribution in [0.5, 0.6) is 0 Å². The molecule has 2 N–H and O–H groups in total. The molecule has 7 heteroatoms. The molecule has 0 bridgehead atoms. The molecule has 144 valence electrons. The van der Waals surface area contributed by atoms with Crippen LogP contribution in [0.15, 0.2) is 36.5 Å². The van der Waals surface area contributed by atoms with Crippen molar-refractivity contribution in [2.24, 2.45) is 0 Å². The Labute approximate surface area is 159 Å². The van der Waals surface area contributed by atoms with Crippen LogP contribution in [0.3, 0.4) is 0 Å². The van der Waals surface area contributed by atoms with E-state index in [9.17, 15) is 9.59 Å². The van der Waals surface area contributed by atoms with Crippen molar-refractivity contribution in [3.8, 4) is 0 Å². The lowest BCUT2D eigenvalue weighted by atomic mass is 9.94. The monoisotopic (exact) mass is 369 g/mol. The minimum atomic E-state index is -0.162. The molecule has 1 aromatic carbocycles. The van der Waals surface area contributed by atoms with E-state index in [0.29, 0.717) is 30.9 Å². The van der Waals surface area contributed by atoms with Crippen molar-refractivity contribution in [1.82, 2.24) is 20.0 Å². The first-order valence-corrected chi connectivity index (χ1v) is 9.57. The largest absolute Gasteiger partial charge is 0.325 e. The van der Waals surface area contributed by atoms with Gasteiger partial charge in [0, 0.05) is 37.7 Å². The van der Waals surface area contributed by atoms with Gasteiger partial charge in [0.1, 0.15) is 0 Å². The fourth-order valence-corrected chi connectivity index (χ4v) is 3.57. The number of nitrogens with zero attached hydrogens (tertiary/aromatic N) is 3. The van der Waals surface area contributed by atoms with Gasteiger partial charge in [0.2, 0.25) is 0 Å². The maximum absolute atomic E-state index is 12.7. The maximum Gasteiger partial charge on any atom is 0.319 e. The third-order valence-electron chi connectivity index (χ3n) is 5.09. The zero-order valence-electron chi connectivity index (χ0n) is 15.9. The fourth-order valence-electron chi connectivity index (χ4n) is 3.57. The smallest absolute Gasteiger partial charge is 0.319 e. The van der Waals surface area contributed by atoms with Crippen LogP contribution in [0, 0.1) is 0 Å². The molecule has 1 fully saturated rings. The molecule has 0 aliphatic carbocycles. The summed E-state index contributed by atoms with van der Waals surface area (Å²) in [4.78, 5) is 28.9. The molecule has 1 aromatic heterocycles. The van der Waals surface area contributed by atoms with E-state index < -0.39 is 0 Å². The van der Waals surface area contributed by atoms with Gasteiger partial charge in [-0.2, -0.15) is 5.10 Å². The van der Waals surface area contributed by atoms with Gasteiger partial charge in [0.25, 0.3) is 5.91 Å². The van der Waals surface area contributed by atoms with Crippen molar-refractivity contribution in [2.75, 3.05) is 31.5 Å². The second kappa shape index (κ2) is 8.70. The van der Waals surface area contributed by atoms with Gasteiger partial charge in [-0.3, -0.25) is 9.89 Å². The SMILES string of the molecule is CCN(CC)C(=O)N1CCC[C@H](c2[nH]ncc2NC(=O)c2ccccc2)C1. The van der Waals surface area contributed by atoms with E-state index in [1.807, 2.05) is 41.8 Å². The minimum Gasteiger partial charge on any atom is -0.325 e. The molecule has 1 aliphatic rings. The summed E-state index contributed by atoms with van der Waals surface area (Å²) in [6, 6.07) is 9.19. The number of nitrogens with one attached hydrogen (secondary N) is 2. The summed E-state index contributed by atoms with van der Waals surface area (Å²) in [5, 5.41) is 10.1. The number of amides is 3. The Morgan fingerprint density at radius 3 is 2.70 bits per heavy atom. The quantitative estimate of drug-likeness (QED) is 0.848. The van der Waals surface area contributed by atoms with Crippen LogP contribution in [-0.4, -0.2) is 58.1 Å². The number of hydrogen-bond donors (Lipinski definition) is 2. The Morgan fingerprint density at radius 2 is 2.00 bits per heavy atom. The van der Waals surface area contributed by atoms with E-state index in [4.69, 9.17) is 0 Å². The third kappa shape index (κ3) is 4.30. The average Bonchev–Trinajstić information content (AvgIpc) is 3.17. The Morgan fingerprint density at radius 1 is 1.26 bits per heavy atom. The number of benzene rings is 1. The molecule has 1 atom stereocenters. The molecule has 27 heavy (non-hydrogen) atoms. The Bertz CT molecular complexity index is 770. The lowest BCUT2D eigenvalue weighted by Crippen LogP contribution is -2.47. The zero-order chi connectivity index (χ0) is 19.2. The van der Waals surface area contributed by atoms with E-state index in [1.165, 1.54) is 0 Å². The molecule has 3 rings (SSSR count). The van der Waals surface area contributed by atoms with E-state index in [2.05, 4.69) is 15.5 Å². The number of carbonyl (C=O) groups is 2. The van der Waals surface area contributed by atoms with Crippen molar-refractivity contribution < 1.29 is 9.59 Å². The fraction of sp³-hybridized carbons (Fsp3) is 0.450. The van der Waals surface area contributed by atoms with E-state index >= 15 is 0 Å². The number of aromatic nitrogens is 2. The van der Waals surface area contributed by atoms with Crippen LogP contribution < -0.4 is 5.32 Å². The molecule has 7 nitrogen and oxygen atoms in total. The lowest BCUT2D eigenvalue weighted by Gasteiger charge is -2.35. The molecule has 1 aliphatic heterocycles. The van der Waals surface area contributed by atoms with Gasteiger partial charge < -0.3 is 15.1 Å². The Kier molecular flexibility index (Phi) is 6.11. The molecular formula is C20H27N5O2. The molecular weight excluding hydrogens is 342 g/mol. The summed E-state index contributed by atoms with van der Waals surface area (Å²) in [6.07, 6.45) is 3.53. The highest BCUT2D eigenvalue weighted by atomic mass is 16.2. The Hall–Kier alpha value is -2.83. The lowest BCUT2D eigenvalue weighted by molar-refractivity contribution is 0.102. The normalized spacial score (nSPS) is 16.8. The van der Waals surface area contributed by atoms with Crippen LogP contribution in [0.2, 0.25) is 0 Å². The number of likely N-dealkylation sites (tertiary alicyclic amines) is 1. The van der Waals surface area contributed by atoms with Gasteiger partial charge in [-0.15, -0.1) is 0 Å². The van der Waals surface area contributed by atoms with Crippen LogP contribution in [0.1, 0.15) is 48.7 Å². The number of rotatable bonds is 5.